The van der Waals surface area contributed by atoms with Crippen LogP contribution >= 0.6 is 0 Å². The first-order valence-electron chi connectivity index (χ1n) is 6.35. The molecule has 2 aromatic rings. The Morgan fingerprint density at radius 1 is 0.850 bits per heavy atom. The summed E-state index contributed by atoms with van der Waals surface area (Å²) in [5, 5.41) is 15.2. The van der Waals surface area contributed by atoms with Gasteiger partial charge in [-0.1, -0.05) is 42.5 Å². The first-order chi connectivity index (χ1) is 9.78. The molecule has 0 spiro atoms. The summed E-state index contributed by atoms with van der Waals surface area (Å²) < 4.78 is 5.58. The van der Waals surface area contributed by atoms with Crippen LogP contribution in [0.25, 0.3) is 0 Å². The van der Waals surface area contributed by atoms with Gasteiger partial charge in [-0.15, -0.1) is 6.58 Å². The van der Waals surface area contributed by atoms with Crippen LogP contribution in [0.5, 0.6) is 11.5 Å². The number of ether oxygens (including phenoxy) is 1. The minimum absolute atomic E-state index is 0.125. The molecule has 0 fully saturated rings. The van der Waals surface area contributed by atoms with Gasteiger partial charge in [-0.2, -0.15) is 0 Å². The molecule has 0 aromatic heterocycles. The molecule has 0 bridgehead atoms. The monoisotopic (exact) mass is 274 g/mol. The second-order valence-corrected chi connectivity index (χ2v) is 3.58. The molecular formula is C17H22O3. The van der Waals surface area contributed by atoms with E-state index in [4.69, 9.17) is 14.9 Å². The quantitative estimate of drug-likeness (QED) is 0.840. The lowest BCUT2D eigenvalue weighted by molar-refractivity contribution is 0.186. The minimum atomic E-state index is -0.125. The van der Waals surface area contributed by atoms with Crippen LogP contribution in [0.15, 0.2) is 73.3 Å². The van der Waals surface area contributed by atoms with Gasteiger partial charge >= 0.3 is 0 Å². The molecule has 3 nitrogen and oxygen atoms in total. The maximum atomic E-state index is 7.62. The molecule has 0 aliphatic heterocycles. The Morgan fingerprint density at radius 2 is 1.15 bits per heavy atom. The molecule has 2 rings (SSSR count). The van der Waals surface area contributed by atoms with Gasteiger partial charge in [0, 0.05) is 0 Å². The predicted molar refractivity (Wildman–Crippen MR) is 83.0 cm³/mol. The van der Waals surface area contributed by atoms with Gasteiger partial charge in [0.15, 0.2) is 0 Å². The molecule has 0 saturated heterocycles. The molecule has 0 atom stereocenters. The molecule has 0 aliphatic rings. The summed E-state index contributed by atoms with van der Waals surface area (Å²) in [7, 11) is 0. The first kappa shape index (κ1) is 17.9. The zero-order chi connectivity index (χ0) is 15.1. The summed E-state index contributed by atoms with van der Waals surface area (Å²) in [4.78, 5) is 0. The van der Waals surface area contributed by atoms with Crippen LogP contribution in [-0.2, 0) is 0 Å². The zero-order valence-corrected chi connectivity index (χ0v) is 11.8. The Bertz CT molecular complexity index is 387. The van der Waals surface area contributed by atoms with Gasteiger partial charge in [-0.05, 0) is 31.2 Å². The highest BCUT2D eigenvalue weighted by Crippen LogP contribution is 2.19. The van der Waals surface area contributed by atoms with E-state index in [-0.39, 0.29) is 13.2 Å². The van der Waals surface area contributed by atoms with Crippen molar-refractivity contribution in [3.63, 3.8) is 0 Å². The molecule has 3 heteroatoms. The standard InChI is InChI=1S/C12H10O.C3H6.C2H6O2/c1-3-7-11(8-4-1)13-12-9-5-2-6-10-12;1-3-2;3-1-2-4/h1-10H;3H,1H2,2H3;3-4H,1-2H2. The van der Waals surface area contributed by atoms with Crippen molar-refractivity contribution in [2.24, 2.45) is 0 Å². The smallest absolute Gasteiger partial charge is 0.127 e. The third kappa shape index (κ3) is 9.88. The number of aliphatic hydroxyl groups is 2. The van der Waals surface area contributed by atoms with Crippen molar-refractivity contribution in [1.82, 2.24) is 0 Å². The maximum absolute atomic E-state index is 7.62. The summed E-state index contributed by atoms with van der Waals surface area (Å²) in [6, 6.07) is 19.5. The first-order valence-corrected chi connectivity index (χ1v) is 6.35. The highest BCUT2D eigenvalue weighted by Gasteiger charge is 1.92. The van der Waals surface area contributed by atoms with Gasteiger partial charge < -0.3 is 14.9 Å². The van der Waals surface area contributed by atoms with Crippen molar-refractivity contribution in [3.05, 3.63) is 73.3 Å². The van der Waals surface area contributed by atoms with E-state index in [9.17, 15) is 0 Å². The summed E-state index contributed by atoms with van der Waals surface area (Å²) in [5.74, 6) is 1.74. The molecule has 0 aliphatic carbocycles. The number of hydrogen-bond donors (Lipinski definition) is 2. The van der Waals surface area contributed by atoms with E-state index in [0.717, 1.165) is 11.5 Å². The fourth-order valence-electron chi connectivity index (χ4n) is 1.11. The second kappa shape index (κ2) is 13.3. The molecule has 2 aromatic carbocycles. The van der Waals surface area contributed by atoms with Gasteiger partial charge in [0.1, 0.15) is 11.5 Å². The van der Waals surface area contributed by atoms with E-state index in [0.29, 0.717) is 0 Å². The Balaban J connectivity index is 0.000000438. The van der Waals surface area contributed by atoms with Crippen LogP contribution < -0.4 is 4.74 Å². The molecule has 108 valence electrons. The zero-order valence-electron chi connectivity index (χ0n) is 11.8. The van der Waals surface area contributed by atoms with Crippen molar-refractivity contribution in [2.75, 3.05) is 13.2 Å². The number of hydrogen-bond acceptors (Lipinski definition) is 3. The second-order valence-electron chi connectivity index (χ2n) is 3.58. The van der Waals surface area contributed by atoms with Crippen LogP contribution in [0.1, 0.15) is 6.92 Å². The Labute approximate surface area is 120 Å². The Morgan fingerprint density at radius 3 is 1.40 bits per heavy atom. The van der Waals surface area contributed by atoms with Crippen LogP contribution in [0.3, 0.4) is 0 Å². The molecule has 0 heterocycles. The molecule has 0 saturated carbocycles. The van der Waals surface area contributed by atoms with E-state index in [2.05, 4.69) is 6.58 Å². The van der Waals surface area contributed by atoms with Crippen LogP contribution in [0, 0.1) is 0 Å². The number of aliphatic hydroxyl groups excluding tert-OH is 2. The largest absolute Gasteiger partial charge is 0.457 e. The fourth-order valence-corrected chi connectivity index (χ4v) is 1.11. The van der Waals surface area contributed by atoms with E-state index in [1.54, 1.807) is 6.08 Å². The van der Waals surface area contributed by atoms with Gasteiger partial charge in [-0.25, -0.2) is 0 Å². The summed E-state index contributed by atoms with van der Waals surface area (Å²) in [5.41, 5.74) is 0. The number of para-hydroxylation sites is 2. The average molecular weight is 274 g/mol. The maximum Gasteiger partial charge on any atom is 0.127 e. The highest BCUT2D eigenvalue weighted by molar-refractivity contribution is 5.30. The van der Waals surface area contributed by atoms with Crippen molar-refractivity contribution >= 4 is 0 Å². The summed E-state index contributed by atoms with van der Waals surface area (Å²) in [6.07, 6.45) is 1.75. The minimum Gasteiger partial charge on any atom is -0.457 e. The lowest BCUT2D eigenvalue weighted by Gasteiger charge is -2.03. The fraction of sp³-hybridized carbons (Fsp3) is 0.176. The van der Waals surface area contributed by atoms with E-state index in [1.807, 2.05) is 67.6 Å². The average Bonchev–Trinajstić information content (AvgIpc) is 2.50. The van der Waals surface area contributed by atoms with Crippen LogP contribution in [0.2, 0.25) is 0 Å². The van der Waals surface area contributed by atoms with Crippen molar-refractivity contribution in [3.8, 4) is 11.5 Å². The van der Waals surface area contributed by atoms with Crippen molar-refractivity contribution in [2.45, 2.75) is 6.92 Å². The van der Waals surface area contributed by atoms with E-state index >= 15 is 0 Å². The number of benzene rings is 2. The summed E-state index contributed by atoms with van der Waals surface area (Å²) >= 11 is 0. The SMILES string of the molecule is C=CC.OCCO.c1ccc(Oc2ccccc2)cc1. The molecular weight excluding hydrogens is 252 g/mol. The summed E-state index contributed by atoms with van der Waals surface area (Å²) in [6.45, 7) is 5.00. The van der Waals surface area contributed by atoms with Crippen LogP contribution in [-0.4, -0.2) is 23.4 Å². The van der Waals surface area contributed by atoms with Crippen molar-refractivity contribution < 1.29 is 14.9 Å². The molecule has 0 unspecified atom stereocenters. The van der Waals surface area contributed by atoms with Gasteiger partial charge in [0.25, 0.3) is 0 Å². The van der Waals surface area contributed by atoms with Gasteiger partial charge in [-0.3, -0.25) is 0 Å². The lowest BCUT2D eigenvalue weighted by Crippen LogP contribution is -1.85. The van der Waals surface area contributed by atoms with E-state index < -0.39 is 0 Å². The number of rotatable bonds is 3. The van der Waals surface area contributed by atoms with Crippen molar-refractivity contribution in [1.29, 1.82) is 0 Å². The molecule has 0 amide bonds. The topological polar surface area (TPSA) is 49.7 Å². The molecule has 20 heavy (non-hydrogen) atoms. The lowest BCUT2D eigenvalue weighted by atomic mass is 10.3. The Kier molecular flexibility index (Phi) is 11.9. The molecule has 2 N–H and O–H groups in total. The third-order valence-electron chi connectivity index (χ3n) is 1.82. The number of allylic oxidation sites excluding steroid dienone is 1. The Hall–Kier alpha value is -2.10. The predicted octanol–water partition coefficient (Wildman–Crippen LogP) is 3.64. The van der Waals surface area contributed by atoms with E-state index in [1.165, 1.54) is 0 Å². The normalized spacial score (nSPS) is 8.35. The third-order valence-corrected chi connectivity index (χ3v) is 1.82. The highest BCUT2D eigenvalue weighted by atomic mass is 16.5. The molecule has 0 radical (unpaired) electrons. The van der Waals surface area contributed by atoms with Gasteiger partial charge in [0.2, 0.25) is 0 Å². The van der Waals surface area contributed by atoms with Gasteiger partial charge in [0.05, 0.1) is 13.2 Å². The van der Waals surface area contributed by atoms with Crippen LogP contribution in [0.4, 0.5) is 0 Å².